The van der Waals surface area contributed by atoms with E-state index >= 15 is 0 Å². The highest BCUT2D eigenvalue weighted by Crippen LogP contribution is 2.37. The summed E-state index contributed by atoms with van der Waals surface area (Å²) in [5, 5.41) is 13.1. The zero-order valence-corrected chi connectivity index (χ0v) is 20.6. The Hall–Kier alpha value is -2.97. The molecule has 184 valence electrons. The van der Waals surface area contributed by atoms with E-state index in [1.54, 1.807) is 11.0 Å². The Morgan fingerprint density at radius 2 is 1.83 bits per heavy atom. The molecule has 4 rings (SSSR count). The number of amides is 2. The molecule has 1 heterocycles. The van der Waals surface area contributed by atoms with Gasteiger partial charge in [0, 0.05) is 30.7 Å². The second-order valence-electron chi connectivity index (χ2n) is 8.23. The Balaban J connectivity index is 1.55. The van der Waals surface area contributed by atoms with Crippen LogP contribution in [0.5, 0.6) is 5.75 Å². The van der Waals surface area contributed by atoms with Crippen molar-refractivity contribution in [2.75, 3.05) is 37.7 Å². The number of ether oxygens (including phenoxy) is 1. The maximum Gasteiger partial charge on any atom is 0.319 e. The third kappa shape index (κ3) is 6.18. The maximum atomic E-state index is 13.1. The first-order chi connectivity index (χ1) is 17.0. The third-order valence-electron chi connectivity index (χ3n) is 5.95. The molecular formula is C26H28Cl2N4O3. The number of aliphatic hydroxyl groups excluding tert-OH is 1. The van der Waals surface area contributed by atoms with Crippen LogP contribution in [0, 0.1) is 0 Å². The van der Waals surface area contributed by atoms with Gasteiger partial charge in [-0.15, -0.1) is 0 Å². The van der Waals surface area contributed by atoms with E-state index in [4.69, 9.17) is 38.8 Å². The first-order valence-electron chi connectivity index (χ1n) is 11.4. The maximum absolute atomic E-state index is 13.1. The molecule has 1 aliphatic rings. The van der Waals surface area contributed by atoms with Crippen LogP contribution in [0.15, 0.2) is 72.8 Å². The third-order valence-corrected chi connectivity index (χ3v) is 6.50. The van der Waals surface area contributed by atoms with Crippen molar-refractivity contribution in [2.24, 2.45) is 5.73 Å². The molecule has 9 heteroatoms. The highest BCUT2D eigenvalue weighted by Gasteiger charge is 2.32. The van der Waals surface area contributed by atoms with Gasteiger partial charge in [-0.25, -0.2) is 4.79 Å². The van der Waals surface area contributed by atoms with Crippen molar-refractivity contribution in [1.82, 2.24) is 10.2 Å². The first kappa shape index (κ1) is 25.1. The lowest BCUT2D eigenvalue weighted by Gasteiger charge is -2.43. The van der Waals surface area contributed by atoms with Gasteiger partial charge < -0.3 is 30.7 Å². The summed E-state index contributed by atoms with van der Waals surface area (Å²) < 4.78 is 5.48. The van der Waals surface area contributed by atoms with Crippen LogP contribution in [-0.2, 0) is 0 Å². The van der Waals surface area contributed by atoms with E-state index in [2.05, 4.69) is 10.2 Å². The van der Waals surface area contributed by atoms with Gasteiger partial charge in [-0.2, -0.15) is 0 Å². The number of halogens is 2. The molecule has 0 radical (unpaired) electrons. The number of anilines is 1. The Morgan fingerprint density at radius 3 is 2.51 bits per heavy atom. The summed E-state index contributed by atoms with van der Waals surface area (Å²) in [6.07, 6.45) is -0.600. The average molecular weight is 515 g/mol. The summed E-state index contributed by atoms with van der Waals surface area (Å²) in [6, 6.07) is 22.2. The van der Waals surface area contributed by atoms with Gasteiger partial charge >= 0.3 is 6.03 Å². The second-order valence-corrected chi connectivity index (χ2v) is 9.07. The number of nitrogens with zero attached hydrogens (tertiary/aromatic N) is 2. The van der Waals surface area contributed by atoms with E-state index in [9.17, 15) is 4.79 Å². The van der Waals surface area contributed by atoms with Crippen molar-refractivity contribution in [3.05, 3.63) is 94.0 Å². The molecule has 0 bridgehead atoms. The number of benzene rings is 3. The highest BCUT2D eigenvalue weighted by molar-refractivity contribution is 6.33. The van der Waals surface area contributed by atoms with E-state index in [1.165, 1.54) is 0 Å². The lowest BCUT2D eigenvalue weighted by molar-refractivity contribution is 0.181. The van der Waals surface area contributed by atoms with Crippen molar-refractivity contribution in [2.45, 2.75) is 12.2 Å². The van der Waals surface area contributed by atoms with Crippen LogP contribution in [0.2, 0.25) is 10.0 Å². The van der Waals surface area contributed by atoms with Crippen molar-refractivity contribution in [3.8, 4) is 5.75 Å². The van der Waals surface area contributed by atoms with E-state index in [1.807, 2.05) is 66.7 Å². The predicted molar refractivity (Wildman–Crippen MR) is 139 cm³/mol. The second kappa shape index (κ2) is 11.6. The molecule has 1 aliphatic heterocycles. The van der Waals surface area contributed by atoms with Crippen LogP contribution in [0.25, 0.3) is 0 Å². The molecule has 0 spiro atoms. The minimum Gasteiger partial charge on any atom is -0.491 e. The lowest BCUT2D eigenvalue weighted by atomic mass is 10.0. The van der Waals surface area contributed by atoms with E-state index in [0.717, 1.165) is 16.8 Å². The molecule has 2 amide bonds. The number of carbonyl (C=O) groups excluding carboxylic acids is 1. The number of nitrogens with two attached hydrogens (primary N) is 1. The molecule has 3 aromatic rings. The summed E-state index contributed by atoms with van der Waals surface area (Å²) in [7, 11) is 0. The fourth-order valence-electron chi connectivity index (χ4n) is 4.17. The molecule has 1 fully saturated rings. The summed E-state index contributed by atoms with van der Waals surface area (Å²) in [5.74, 6) is 0.587. The largest absolute Gasteiger partial charge is 0.491 e. The fraction of sp³-hybridized carbons (Fsp3) is 0.269. The molecule has 1 saturated heterocycles. The number of nitrogens with one attached hydrogen (secondary N) is 1. The van der Waals surface area contributed by atoms with E-state index < -0.39 is 6.17 Å². The average Bonchev–Trinajstić information content (AvgIpc) is 2.88. The van der Waals surface area contributed by atoms with Gasteiger partial charge in [0.2, 0.25) is 0 Å². The number of hydrogen-bond donors (Lipinski definition) is 3. The van der Waals surface area contributed by atoms with Gasteiger partial charge in [-0.05, 0) is 35.4 Å². The smallest absolute Gasteiger partial charge is 0.319 e. The van der Waals surface area contributed by atoms with Crippen molar-refractivity contribution < 1.29 is 14.6 Å². The number of rotatable bonds is 7. The zero-order valence-electron chi connectivity index (χ0n) is 19.1. The van der Waals surface area contributed by atoms with Gasteiger partial charge in [0.05, 0.1) is 23.4 Å². The van der Waals surface area contributed by atoms with Crippen LogP contribution < -0.4 is 20.7 Å². The number of piperazine rings is 1. The van der Waals surface area contributed by atoms with Crippen LogP contribution >= 0.6 is 23.2 Å². The van der Waals surface area contributed by atoms with Crippen molar-refractivity contribution >= 4 is 34.9 Å². The first-order valence-corrected chi connectivity index (χ1v) is 12.1. The SMILES string of the molecule is N[C@H](NC(=O)N1CCN(c2ccc(OCCO)cc2Cl)[C@H](c2ccc(Cl)cc2)C1)c1ccccc1. The molecule has 35 heavy (non-hydrogen) atoms. The monoisotopic (exact) mass is 514 g/mol. The lowest BCUT2D eigenvalue weighted by Crippen LogP contribution is -2.54. The molecule has 3 aromatic carbocycles. The summed E-state index contributed by atoms with van der Waals surface area (Å²) in [6.45, 7) is 1.63. The van der Waals surface area contributed by atoms with Gasteiger partial charge in [0.1, 0.15) is 18.5 Å². The Labute approximate surface area is 215 Å². The molecule has 0 saturated carbocycles. The Morgan fingerprint density at radius 1 is 1.09 bits per heavy atom. The molecule has 2 atom stereocenters. The molecule has 0 aliphatic carbocycles. The Kier molecular flexibility index (Phi) is 8.36. The topological polar surface area (TPSA) is 91.1 Å². The standard InChI is InChI=1S/C26H28Cl2N4O3/c27-20-8-6-18(7-9-20)24-17-31(26(34)30-25(29)19-4-2-1-3-5-19)12-13-32(24)23-11-10-21(16-22(23)28)35-15-14-33/h1-11,16,24-25,33H,12-15,17,29H2,(H,30,34)/t24-,25+/m0/s1. The van der Waals surface area contributed by atoms with Crippen LogP contribution in [0.3, 0.4) is 0 Å². The fourth-order valence-corrected chi connectivity index (χ4v) is 4.57. The van der Waals surface area contributed by atoms with Gasteiger partial charge in [-0.3, -0.25) is 0 Å². The highest BCUT2D eigenvalue weighted by atomic mass is 35.5. The molecule has 0 aromatic heterocycles. The van der Waals surface area contributed by atoms with Gasteiger partial charge in [-0.1, -0.05) is 65.7 Å². The minimum atomic E-state index is -0.600. The van der Waals surface area contributed by atoms with Crippen LogP contribution in [0.1, 0.15) is 23.3 Å². The number of carbonyl (C=O) groups is 1. The molecular weight excluding hydrogens is 487 g/mol. The van der Waals surface area contributed by atoms with Crippen molar-refractivity contribution in [1.29, 1.82) is 0 Å². The zero-order chi connectivity index (χ0) is 24.8. The normalized spacial score (nSPS) is 16.6. The molecule has 7 nitrogen and oxygen atoms in total. The Bertz CT molecular complexity index is 1130. The van der Waals surface area contributed by atoms with Gasteiger partial charge in [0.25, 0.3) is 0 Å². The summed E-state index contributed by atoms with van der Waals surface area (Å²) in [4.78, 5) is 17.1. The molecule has 0 unspecified atom stereocenters. The van der Waals surface area contributed by atoms with Gasteiger partial charge in [0.15, 0.2) is 0 Å². The van der Waals surface area contributed by atoms with Crippen LogP contribution in [0.4, 0.5) is 10.5 Å². The minimum absolute atomic E-state index is 0.0734. The molecule has 4 N–H and O–H groups in total. The van der Waals surface area contributed by atoms with Crippen molar-refractivity contribution in [3.63, 3.8) is 0 Å². The quantitative estimate of drug-likeness (QED) is 0.401. The summed E-state index contributed by atoms with van der Waals surface area (Å²) in [5.41, 5.74) is 8.91. The van der Waals surface area contributed by atoms with E-state index in [0.29, 0.717) is 35.4 Å². The predicted octanol–water partition coefficient (Wildman–Crippen LogP) is 4.59. The number of aliphatic hydroxyl groups is 1. The number of hydrogen-bond acceptors (Lipinski definition) is 5. The van der Waals surface area contributed by atoms with E-state index in [-0.39, 0.29) is 25.3 Å². The summed E-state index contributed by atoms with van der Waals surface area (Å²) >= 11 is 12.8. The van der Waals surface area contributed by atoms with Crippen LogP contribution in [-0.4, -0.2) is 48.9 Å². The number of urea groups is 1.